The van der Waals surface area contributed by atoms with Crippen LogP contribution in [0.5, 0.6) is 0 Å². The molecule has 112 valence electrons. The maximum Gasteiger partial charge on any atom is 0.360 e. The third-order valence-corrected chi connectivity index (χ3v) is 2.97. The molecule has 0 bridgehead atoms. The molecule has 0 fully saturated rings. The molecular formula is C16H20N2O3. The molecule has 0 aliphatic carbocycles. The number of benzene rings is 1. The third kappa shape index (κ3) is 3.62. The summed E-state index contributed by atoms with van der Waals surface area (Å²) in [5, 5.41) is 3.11. The minimum Gasteiger partial charge on any atom is -0.461 e. The number of aromatic nitrogens is 1. The molecule has 0 amide bonds. The van der Waals surface area contributed by atoms with Crippen LogP contribution in [0.2, 0.25) is 0 Å². The molecule has 1 aromatic heterocycles. The van der Waals surface area contributed by atoms with Crippen LogP contribution in [0.4, 0.5) is 11.7 Å². The number of nitrogens with one attached hydrogen (secondary N) is 1. The van der Waals surface area contributed by atoms with Crippen LogP contribution in [0.3, 0.4) is 0 Å². The van der Waals surface area contributed by atoms with Crippen LogP contribution in [0.15, 0.2) is 34.9 Å². The summed E-state index contributed by atoms with van der Waals surface area (Å²) in [4.78, 5) is 15.7. The number of ether oxygens (including phenoxy) is 1. The van der Waals surface area contributed by atoms with E-state index in [0.717, 1.165) is 11.3 Å². The van der Waals surface area contributed by atoms with Crippen molar-refractivity contribution < 1.29 is 13.9 Å². The summed E-state index contributed by atoms with van der Waals surface area (Å²) in [6, 6.07) is 8.21. The molecule has 0 spiro atoms. The lowest BCUT2D eigenvalue weighted by Gasteiger charge is -2.22. The van der Waals surface area contributed by atoms with E-state index in [4.69, 9.17) is 9.15 Å². The van der Waals surface area contributed by atoms with Crippen molar-refractivity contribution in [2.24, 2.45) is 0 Å². The van der Waals surface area contributed by atoms with E-state index in [1.165, 1.54) is 6.26 Å². The van der Waals surface area contributed by atoms with Crippen molar-refractivity contribution in [3.8, 4) is 0 Å². The lowest BCUT2D eigenvalue weighted by atomic mass is 9.86. The minimum absolute atomic E-state index is 0.0137. The maximum atomic E-state index is 11.6. The SMILES string of the molecule is CCOC(=O)c1coc(Nc2ccccc2C(C)(C)C)n1. The molecule has 1 N–H and O–H groups in total. The molecule has 1 aromatic carbocycles. The van der Waals surface area contributed by atoms with Crippen molar-refractivity contribution in [2.45, 2.75) is 33.1 Å². The van der Waals surface area contributed by atoms with E-state index in [1.807, 2.05) is 18.2 Å². The number of hydrogen-bond donors (Lipinski definition) is 1. The van der Waals surface area contributed by atoms with E-state index in [1.54, 1.807) is 6.92 Å². The predicted molar refractivity (Wildman–Crippen MR) is 80.9 cm³/mol. The standard InChI is InChI=1S/C16H20N2O3/c1-5-20-14(19)13-10-21-15(18-13)17-12-9-7-6-8-11(12)16(2,3)4/h6-10H,5H2,1-4H3,(H,17,18). The molecular weight excluding hydrogens is 268 g/mol. The van der Waals surface area contributed by atoms with Gasteiger partial charge < -0.3 is 14.5 Å². The summed E-state index contributed by atoms with van der Waals surface area (Å²) in [5.74, 6) is -0.488. The highest BCUT2D eigenvalue weighted by Gasteiger charge is 2.19. The zero-order valence-electron chi connectivity index (χ0n) is 12.8. The molecule has 2 aromatic rings. The second kappa shape index (κ2) is 5.99. The number of anilines is 2. The molecule has 5 nitrogen and oxygen atoms in total. The topological polar surface area (TPSA) is 64.4 Å². The number of carbonyl (C=O) groups is 1. The highest BCUT2D eigenvalue weighted by Crippen LogP contribution is 2.31. The van der Waals surface area contributed by atoms with Gasteiger partial charge in [0.25, 0.3) is 6.01 Å². The predicted octanol–water partition coefficient (Wildman–Crippen LogP) is 3.89. The van der Waals surface area contributed by atoms with Crippen LogP contribution >= 0.6 is 0 Å². The fraction of sp³-hybridized carbons (Fsp3) is 0.375. The van der Waals surface area contributed by atoms with Crippen molar-refractivity contribution in [2.75, 3.05) is 11.9 Å². The van der Waals surface area contributed by atoms with E-state index in [0.29, 0.717) is 6.61 Å². The van der Waals surface area contributed by atoms with Crippen LogP contribution in [0.1, 0.15) is 43.7 Å². The zero-order valence-corrected chi connectivity index (χ0v) is 12.8. The number of rotatable bonds is 4. The Labute approximate surface area is 124 Å². The largest absolute Gasteiger partial charge is 0.461 e. The molecule has 0 radical (unpaired) electrons. The Hall–Kier alpha value is -2.30. The molecule has 2 rings (SSSR count). The summed E-state index contributed by atoms with van der Waals surface area (Å²) in [6.45, 7) is 8.45. The fourth-order valence-corrected chi connectivity index (χ4v) is 1.99. The van der Waals surface area contributed by atoms with Crippen LogP contribution in [-0.4, -0.2) is 17.6 Å². The number of nitrogens with zero attached hydrogens (tertiary/aromatic N) is 1. The molecule has 5 heteroatoms. The van der Waals surface area contributed by atoms with Gasteiger partial charge in [0.05, 0.1) is 6.61 Å². The van der Waals surface area contributed by atoms with Crippen molar-refractivity contribution in [3.05, 3.63) is 41.8 Å². The van der Waals surface area contributed by atoms with Crippen LogP contribution in [0.25, 0.3) is 0 Å². The fourth-order valence-electron chi connectivity index (χ4n) is 1.99. The molecule has 0 aliphatic heterocycles. The van der Waals surface area contributed by atoms with Crippen LogP contribution in [-0.2, 0) is 10.2 Å². The van der Waals surface area contributed by atoms with Gasteiger partial charge in [-0.15, -0.1) is 0 Å². The number of carbonyl (C=O) groups excluding carboxylic acids is 1. The van der Waals surface area contributed by atoms with Gasteiger partial charge in [0, 0.05) is 5.69 Å². The molecule has 1 heterocycles. The van der Waals surface area contributed by atoms with Gasteiger partial charge >= 0.3 is 5.97 Å². The second-order valence-electron chi connectivity index (χ2n) is 5.68. The Morgan fingerprint density at radius 2 is 2.05 bits per heavy atom. The Morgan fingerprint density at radius 1 is 1.33 bits per heavy atom. The summed E-state index contributed by atoms with van der Waals surface area (Å²) < 4.78 is 10.2. The minimum atomic E-state index is -0.488. The summed E-state index contributed by atoms with van der Waals surface area (Å²) in [7, 11) is 0. The highest BCUT2D eigenvalue weighted by molar-refractivity contribution is 5.87. The van der Waals surface area contributed by atoms with E-state index in [9.17, 15) is 4.79 Å². The van der Waals surface area contributed by atoms with Crippen LogP contribution < -0.4 is 5.32 Å². The van der Waals surface area contributed by atoms with E-state index < -0.39 is 5.97 Å². The lowest BCUT2D eigenvalue weighted by molar-refractivity contribution is 0.0519. The number of para-hydroxylation sites is 1. The Balaban J connectivity index is 2.22. The highest BCUT2D eigenvalue weighted by atomic mass is 16.5. The van der Waals surface area contributed by atoms with E-state index in [2.05, 4.69) is 37.1 Å². The van der Waals surface area contributed by atoms with Gasteiger partial charge in [-0.25, -0.2) is 4.79 Å². The van der Waals surface area contributed by atoms with Gasteiger partial charge in [-0.2, -0.15) is 4.98 Å². The van der Waals surface area contributed by atoms with Crippen molar-refractivity contribution in [3.63, 3.8) is 0 Å². The average Bonchev–Trinajstić information content (AvgIpc) is 2.87. The molecule has 0 saturated heterocycles. The Bertz CT molecular complexity index is 626. The van der Waals surface area contributed by atoms with Crippen molar-refractivity contribution >= 4 is 17.7 Å². The molecule has 0 atom stereocenters. The second-order valence-corrected chi connectivity index (χ2v) is 5.68. The quantitative estimate of drug-likeness (QED) is 0.865. The maximum absolute atomic E-state index is 11.6. The van der Waals surface area contributed by atoms with Gasteiger partial charge in [0.2, 0.25) is 0 Å². The van der Waals surface area contributed by atoms with E-state index >= 15 is 0 Å². The number of esters is 1. The molecule has 21 heavy (non-hydrogen) atoms. The molecule has 0 saturated carbocycles. The van der Waals surface area contributed by atoms with Gasteiger partial charge in [-0.05, 0) is 24.0 Å². The summed E-state index contributed by atoms with van der Waals surface area (Å²) >= 11 is 0. The lowest BCUT2D eigenvalue weighted by Crippen LogP contribution is -2.13. The summed E-state index contributed by atoms with van der Waals surface area (Å²) in [6.07, 6.45) is 1.29. The monoisotopic (exact) mass is 288 g/mol. The molecule has 0 aliphatic rings. The van der Waals surface area contributed by atoms with Gasteiger partial charge in [0.1, 0.15) is 6.26 Å². The normalized spacial score (nSPS) is 11.2. The first-order valence-electron chi connectivity index (χ1n) is 6.91. The molecule has 0 unspecified atom stereocenters. The summed E-state index contributed by atoms with van der Waals surface area (Å²) in [5.41, 5.74) is 2.19. The first-order chi connectivity index (χ1) is 9.91. The van der Waals surface area contributed by atoms with Crippen molar-refractivity contribution in [1.29, 1.82) is 0 Å². The first-order valence-corrected chi connectivity index (χ1v) is 6.91. The van der Waals surface area contributed by atoms with Gasteiger partial charge in [0.15, 0.2) is 5.69 Å². The van der Waals surface area contributed by atoms with Crippen molar-refractivity contribution in [1.82, 2.24) is 4.98 Å². The smallest absolute Gasteiger partial charge is 0.360 e. The first kappa shape index (κ1) is 15.1. The van der Waals surface area contributed by atoms with Gasteiger partial charge in [-0.1, -0.05) is 39.0 Å². The average molecular weight is 288 g/mol. The number of hydrogen-bond acceptors (Lipinski definition) is 5. The Kier molecular flexibility index (Phi) is 4.31. The zero-order chi connectivity index (χ0) is 15.5. The Morgan fingerprint density at radius 3 is 2.71 bits per heavy atom. The van der Waals surface area contributed by atoms with Crippen LogP contribution in [0, 0.1) is 0 Å². The third-order valence-electron chi connectivity index (χ3n) is 2.97. The van der Waals surface area contributed by atoms with Gasteiger partial charge in [-0.3, -0.25) is 0 Å². The number of oxazole rings is 1. The van der Waals surface area contributed by atoms with E-state index in [-0.39, 0.29) is 17.1 Å².